The Morgan fingerprint density at radius 2 is 1.92 bits per heavy atom. The highest BCUT2D eigenvalue weighted by Gasteiger charge is 2.43. The number of rotatable bonds is 2. The van der Waals surface area contributed by atoms with E-state index in [0.717, 1.165) is 12.2 Å². The van der Waals surface area contributed by atoms with Gasteiger partial charge in [-0.25, -0.2) is 5.01 Å². The molecule has 2 atom stereocenters. The molecule has 3 heterocycles. The number of para-hydroxylation sites is 1. The van der Waals surface area contributed by atoms with Crippen LogP contribution in [0, 0.1) is 5.92 Å². The van der Waals surface area contributed by atoms with Gasteiger partial charge < -0.3 is 4.74 Å². The molecule has 1 aliphatic carbocycles. The average molecular weight is 338 g/mol. The minimum Gasteiger partial charge on any atom is -0.468 e. The Kier molecular flexibility index (Phi) is 3.58. The van der Waals surface area contributed by atoms with Gasteiger partial charge >= 0.3 is 0 Å². The van der Waals surface area contributed by atoms with Crippen molar-refractivity contribution in [2.75, 3.05) is 0 Å². The molecule has 0 spiro atoms. The van der Waals surface area contributed by atoms with E-state index in [0.29, 0.717) is 12.0 Å². The first-order valence-electron chi connectivity index (χ1n) is 9.05. The number of thiophene rings is 1. The van der Waals surface area contributed by atoms with Crippen LogP contribution >= 0.6 is 11.3 Å². The highest BCUT2D eigenvalue weighted by Crippen LogP contribution is 2.46. The fourth-order valence-corrected chi connectivity index (χ4v) is 5.11. The van der Waals surface area contributed by atoms with Crippen molar-refractivity contribution in [1.82, 2.24) is 5.01 Å². The van der Waals surface area contributed by atoms with E-state index in [9.17, 15) is 0 Å². The van der Waals surface area contributed by atoms with Crippen LogP contribution in [0.3, 0.4) is 0 Å². The topological polar surface area (TPSA) is 24.8 Å². The van der Waals surface area contributed by atoms with E-state index in [1.165, 1.54) is 48.3 Å². The van der Waals surface area contributed by atoms with E-state index in [1.807, 2.05) is 0 Å². The second-order valence-corrected chi connectivity index (χ2v) is 8.02. The fourth-order valence-electron chi connectivity index (χ4n) is 4.38. The van der Waals surface area contributed by atoms with Gasteiger partial charge in [0.05, 0.1) is 16.6 Å². The molecule has 1 aromatic heterocycles. The van der Waals surface area contributed by atoms with Gasteiger partial charge in [-0.2, -0.15) is 5.10 Å². The summed E-state index contributed by atoms with van der Waals surface area (Å²) < 4.78 is 6.47. The van der Waals surface area contributed by atoms with Gasteiger partial charge in [-0.15, -0.1) is 11.3 Å². The summed E-state index contributed by atoms with van der Waals surface area (Å²) in [6.45, 7) is 0. The number of fused-ring (bicyclic) bond motifs is 3. The van der Waals surface area contributed by atoms with Crippen LogP contribution in [-0.2, 0) is 0 Å². The Morgan fingerprint density at radius 3 is 2.75 bits per heavy atom. The molecule has 24 heavy (non-hydrogen) atoms. The lowest BCUT2D eigenvalue weighted by Crippen LogP contribution is -2.45. The Labute approximate surface area is 146 Å². The Bertz CT molecular complexity index is 749. The van der Waals surface area contributed by atoms with Gasteiger partial charge in [-0.05, 0) is 30.4 Å². The lowest BCUT2D eigenvalue weighted by Gasteiger charge is -2.42. The standard InChI is InChI=1S/C20H22N2OS/c1-2-7-14(8-3-1)20-22-17(15-9-4-5-10-18(15)23-20)13-16(21-22)19-11-6-12-24-19/h4-6,9-12,14,17,20H,1-3,7-8,13H2/t17-,20-/m0/s1. The number of benzene rings is 1. The van der Waals surface area contributed by atoms with Crippen molar-refractivity contribution in [3.63, 3.8) is 0 Å². The van der Waals surface area contributed by atoms with Crippen LogP contribution in [0.5, 0.6) is 5.75 Å². The predicted molar refractivity (Wildman–Crippen MR) is 97.5 cm³/mol. The molecule has 0 amide bonds. The predicted octanol–water partition coefficient (Wildman–Crippen LogP) is 5.20. The summed E-state index contributed by atoms with van der Waals surface area (Å²) in [4.78, 5) is 1.30. The van der Waals surface area contributed by atoms with Gasteiger partial charge in [0.2, 0.25) is 0 Å². The van der Waals surface area contributed by atoms with Gasteiger partial charge in [0, 0.05) is 17.9 Å². The lowest BCUT2D eigenvalue weighted by atomic mass is 9.86. The molecule has 4 heteroatoms. The van der Waals surface area contributed by atoms with Crippen molar-refractivity contribution in [2.45, 2.75) is 50.8 Å². The van der Waals surface area contributed by atoms with Gasteiger partial charge in [-0.3, -0.25) is 0 Å². The van der Waals surface area contributed by atoms with Crippen LogP contribution in [0.15, 0.2) is 46.9 Å². The molecule has 1 saturated carbocycles. The molecule has 3 aliphatic rings. The van der Waals surface area contributed by atoms with E-state index < -0.39 is 0 Å². The van der Waals surface area contributed by atoms with E-state index in [1.54, 1.807) is 11.3 Å². The average Bonchev–Trinajstić information content (AvgIpc) is 3.31. The van der Waals surface area contributed by atoms with Gasteiger partial charge in [0.15, 0.2) is 6.23 Å². The van der Waals surface area contributed by atoms with E-state index in [-0.39, 0.29) is 6.23 Å². The zero-order chi connectivity index (χ0) is 15.9. The van der Waals surface area contributed by atoms with E-state index >= 15 is 0 Å². The normalized spacial score (nSPS) is 26.5. The zero-order valence-corrected chi connectivity index (χ0v) is 14.5. The van der Waals surface area contributed by atoms with Crippen LogP contribution in [0.25, 0.3) is 0 Å². The number of hydrogen-bond acceptors (Lipinski definition) is 4. The smallest absolute Gasteiger partial charge is 0.190 e. The fraction of sp³-hybridized carbons (Fsp3) is 0.450. The van der Waals surface area contributed by atoms with E-state index in [2.05, 4.69) is 46.8 Å². The molecule has 0 bridgehead atoms. The second kappa shape index (κ2) is 5.92. The first kappa shape index (κ1) is 14.5. The third kappa shape index (κ3) is 2.35. The van der Waals surface area contributed by atoms with Crippen molar-refractivity contribution in [1.29, 1.82) is 0 Å². The van der Waals surface area contributed by atoms with E-state index in [4.69, 9.17) is 9.84 Å². The number of ether oxygens (including phenoxy) is 1. The van der Waals surface area contributed by atoms with Crippen LogP contribution in [0.1, 0.15) is 55.0 Å². The van der Waals surface area contributed by atoms with Gasteiger partial charge in [-0.1, -0.05) is 43.5 Å². The van der Waals surface area contributed by atoms with Crippen molar-refractivity contribution in [2.24, 2.45) is 11.0 Å². The maximum atomic E-state index is 6.47. The first-order valence-corrected chi connectivity index (χ1v) is 9.93. The summed E-state index contributed by atoms with van der Waals surface area (Å²) in [6.07, 6.45) is 7.64. The summed E-state index contributed by atoms with van der Waals surface area (Å²) in [5, 5.41) is 9.47. The zero-order valence-electron chi connectivity index (χ0n) is 13.7. The lowest BCUT2D eigenvalue weighted by molar-refractivity contribution is -0.0643. The van der Waals surface area contributed by atoms with Gasteiger partial charge in [0.1, 0.15) is 5.75 Å². The molecule has 5 rings (SSSR count). The van der Waals surface area contributed by atoms with Crippen LogP contribution in [0.4, 0.5) is 0 Å². The Hall–Kier alpha value is -1.81. The van der Waals surface area contributed by atoms with Crippen LogP contribution in [-0.4, -0.2) is 16.9 Å². The van der Waals surface area contributed by atoms with Crippen LogP contribution < -0.4 is 4.74 Å². The molecule has 124 valence electrons. The van der Waals surface area contributed by atoms with Gasteiger partial charge in [0.25, 0.3) is 0 Å². The van der Waals surface area contributed by atoms with Crippen molar-refractivity contribution in [3.8, 4) is 5.75 Å². The number of hydrazone groups is 1. The molecule has 1 fully saturated rings. The monoisotopic (exact) mass is 338 g/mol. The maximum Gasteiger partial charge on any atom is 0.190 e. The van der Waals surface area contributed by atoms with Crippen LogP contribution in [0.2, 0.25) is 0 Å². The molecular formula is C20H22N2OS. The highest BCUT2D eigenvalue weighted by molar-refractivity contribution is 7.12. The largest absolute Gasteiger partial charge is 0.468 e. The number of hydrogen-bond donors (Lipinski definition) is 0. The summed E-state index contributed by atoms with van der Waals surface area (Å²) in [5.74, 6) is 1.66. The second-order valence-electron chi connectivity index (χ2n) is 7.07. The minimum absolute atomic E-state index is 0.0997. The quantitative estimate of drug-likeness (QED) is 0.752. The highest BCUT2D eigenvalue weighted by atomic mass is 32.1. The molecule has 0 radical (unpaired) electrons. The molecule has 2 aromatic rings. The molecule has 0 unspecified atom stereocenters. The molecule has 2 aliphatic heterocycles. The minimum atomic E-state index is 0.0997. The third-order valence-corrected chi connectivity index (χ3v) is 6.51. The van der Waals surface area contributed by atoms with Crippen molar-refractivity contribution >= 4 is 17.0 Å². The Morgan fingerprint density at radius 1 is 1.04 bits per heavy atom. The molecule has 0 N–H and O–H groups in total. The van der Waals surface area contributed by atoms with Crippen molar-refractivity contribution in [3.05, 3.63) is 52.2 Å². The summed E-state index contributed by atoms with van der Waals surface area (Å²) in [7, 11) is 0. The first-order chi connectivity index (χ1) is 11.9. The number of nitrogens with zero attached hydrogens (tertiary/aromatic N) is 2. The summed E-state index contributed by atoms with van der Waals surface area (Å²) in [6, 6.07) is 13.2. The van der Waals surface area contributed by atoms with Crippen molar-refractivity contribution < 1.29 is 4.74 Å². The molecule has 3 nitrogen and oxygen atoms in total. The summed E-state index contributed by atoms with van der Waals surface area (Å²) >= 11 is 1.79. The molecule has 0 saturated heterocycles. The summed E-state index contributed by atoms with van der Waals surface area (Å²) in [5.41, 5.74) is 2.51. The third-order valence-electron chi connectivity index (χ3n) is 5.59. The molecular weight excluding hydrogens is 316 g/mol. The SMILES string of the molecule is c1csc(C2=NN3[C@@H](C2)c2ccccc2O[C@H]3C2CCCCC2)c1. The maximum absolute atomic E-state index is 6.47. The Balaban J connectivity index is 1.53. The molecule has 1 aromatic carbocycles.